The number of aromatic nitrogens is 2. The van der Waals surface area contributed by atoms with Crippen LogP contribution in [0.1, 0.15) is 5.69 Å². The third-order valence-corrected chi connectivity index (χ3v) is 4.10. The first-order valence-corrected chi connectivity index (χ1v) is 7.23. The Morgan fingerprint density at radius 2 is 1.81 bits per heavy atom. The van der Waals surface area contributed by atoms with E-state index in [1.807, 2.05) is 31.3 Å². The van der Waals surface area contributed by atoms with Gasteiger partial charge in [0.05, 0.1) is 11.2 Å². The van der Waals surface area contributed by atoms with E-state index in [9.17, 15) is 0 Å². The number of pyridine rings is 1. The minimum atomic E-state index is 0.756. The van der Waals surface area contributed by atoms with Crippen LogP contribution in [0.15, 0.2) is 54.7 Å². The van der Waals surface area contributed by atoms with Crippen molar-refractivity contribution in [2.75, 3.05) is 0 Å². The van der Waals surface area contributed by atoms with Crippen molar-refractivity contribution in [2.24, 2.45) is 0 Å². The second kappa shape index (κ2) is 4.61. The maximum atomic E-state index is 6.09. The predicted octanol–water partition coefficient (Wildman–Crippen LogP) is 5.34. The Morgan fingerprint density at radius 1 is 0.952 bits per heavy atom. The number of benzene rings is 2. The Labute approximate surface area is 127 Å². The van der Waals surface area contributed by atoms with Gasteiger partial charge in [-0.25, -0.2) is 0 Å². The average Bonchev–Trinajstić information content (AvgIpc) is 2.87. The Hall–Kier alpha value is -2.32. The topological polar surface area (TPSA) is 28.7 Å². The highest BCUT2D eigenvalue weighted by Crippen LogP contribution is 2.31. The van der Waals surface area contributed by atoms with Crippen molar-refractivity contribution in [1.82, 2.24) is 9.97 Å². The summed E-state index contributed by atoms with van der Waals surface area (Å²) in [6, 6.07) is 16.4. The molecule has 0 bridgehead atoms. The number of aromatic amines is 1. The number of halogens is 1. The summed E-state index contributed by atoms with van der Waals surface area (Å²) >= 11 is 6.09. The van der Waals surface area contributed by atoms with Gasteiger partial charge in [-0.2, -0.15) is 0 Å². The second-order valence-corrected chi connectivity index (χ2v) is 5.65. The Bertz CT molecular complexity index is 969. The molecule has 0 spiro atoms. The van der Waals surface area contributed by atoms with Crippen molar-refractivity contribution in [1.29, 1.82) is 0 Å². The number of hydrogen-bond donors (Lipinski definition) is 1. The molecule has 3 heteroatoms. The van der Waals surface area contributed by atoms with Crippen molar-refractivity contribution < 1.29 is 0 Å². The zero-order chi connectivity index (χ0) is 14.4. The number of fused-ring (bicyclic) bond motifs is 3. The number of hydrogen-bond acceptors (Lipinski definition) is 1. The summed E-state index contributed by atoms with van der Waals surface area (Å²) in [5.41, 5.74) is 5.56. The van der Waals surface area contributed by atoms with Crippen molar-refractivity contribution >= 4 is 33.4 Å². The molecule has 0 amide bonds. The standard InChI is InChI=1S/C18H13ClN2/c1-11-18-15(7-8-20-11)16-10-13(5-6-17(16)21-18)12-3-2-4-14(19)9-12/h2-10,21H,1H3. The first-order valence-electron chi connectivity index (χ1n) is 6.85. The summed E-state index contributed by atoms with van der Waals surface area (Å²) in [4.78, 5) is 7.79. The fourth-order valence-corrected chi connectivity index (χ4v) is 3.00. The van der Waals surface area contributed by atoms with Crippen LogP contribution < -0.4 is 0 Å². The highest BCUT2D eigenvalue weighted by atomic mass is 35.5. The van der Waals surface area contributed by atoms with E-state index in [-0.39, 0.29) is 0 Å². The molecule has 2 aromatic heterocycles. The molecule has 0 fully saturated rings. The average molecular weight is 293 g/mol. The highest BCUT2D eigenvalue weighted by molar-refractivity contribution is 6.30. The van der Waals surface area contributed by atoms with E-state index in [4.69, 9.17) is 11.6 Å². The molecule has 0 unspecified atom stereocenters. The normalized spacial score (nSPS) is 11.3. The van der Waals surface area contributed by atoms with Gasteiger partial charge in [-0.1, -0.05) is 29.8 Å². The summed E-state index contributed by atoms with van der Waals surface area (Å²) in [7, 11) is 0. The smallest absolute Gasteiger partial charge is 0.0681 e. The monoisotopic (exact) mass is 292 g/mol. The van der Waals surface area contributed by atoms with Crippen LogP contribution >= 0.6 is 11.6 Å². The first-order chi connectivity index (χ1) is 10.2. The molecular formula is C18H13ClN2. The highest BCUT2D eigenvalue weighted by Gasteiger charge is 2.08. The SMILES string of the molecule is Cc1nccc2c1[nH]c1ccc(-c3cccc(Cl)c3)cc12. The van der Waals surface area contributed by atoms with Crippen LogP contribution in [-0.2, 0) is 0 Å². The number of aryl methyl sites for hydroxylation is 1. The van der Waals surface area contributed by atoms with Crippen LogP contribution in [0, 0.1) is 6.92 Å². The van der Waals surface area contributed by atoms with Gasteiger partial charge in [0.25, 0.3) is 0 Å². The van der Waals surface area contributed by atoms with Gasteiger partial charge in [-0.05, 0) is 48.4 Å². The van der Waals surface area contributed by atoms with Crippen LogP contribution in [-0.4, -0.2) is 9.97 Å². The van der Waals surface area contributed by atoms with Crippen LogP contribution in [0.4, 0.5) is 0 Å². The Morgan fingerprint density at radius 3 is 2.67 bits per heavy atom. The maximum Gasteiger partial charge on any atom is 0.0681 e. The first kappa shape index (κ1) is 12.4. The van der Waals surface area contributed by atoms with Crippen molar-refractivity contribution in [3.63, 3.8) is 0 Å². The van der Waals surface area contributed by atoms with Gasteiger partial charge in [0.2, 0.25) is 0 Å². The van der Waals surface area contributed by atoms with Gasteiger partial charge in [-0.3, -0.25) is 4.98 Å². The van der Waals surface area contributed by atoms with Gasteiger partial charge in [0, 0.05) is 27.5 Å². The van der Waals surface area contributed by atoms with E-state index in [0.29, 0.717) is 0 Å². The zero-order valence-electron chi connectivity index (χ0n) is 11.5. The summed E-state index contributed by atoms with van der Waals surface area (Å²) in [5, 5.41) is 3.18. The third-order valence-electron chi connectivity index (χ3n) is 3.87. The molecule has 4 aromatic rings. The van der Waals surface area contributed by atoms with Gasteiger partial charge in [0.1, 0.15) is 0 Å². The quantitative estimate of drug-likeness (QED) is 0.503. The van der Waals surface area contributed by atoms with E-state index < -0.39 is 0 Å². The molecule has 102 valence electrons. The Kier molecular flexibility index (Phi) is 2.72. The molecule has 0 saturated heterocycles. The summed E-state index contributed by atoms with van der Waals surface area (Å²) < 4.78 is 0. The van der Waals surface area contributed by atoms with E-state index in [0.717, 1.165) is 27.3 Å². The minimum Gasteiger partial charge on any atom is -0.353 e. The van der Waals surface area contributed by atoms with Crippen molar-refractivity contribution in [3.8, 4) is 11.1 Å². The summed E-state index contributed by atoms with van der Waals surface area (Å²) in [6.45, 7) is 2.02. The largest absolute Gasteiger partial charge is 0.353 e. The molecular weight excluding hydrogens is 280 g/mol. The van der Waals surface area contributed by atoms with E-state index in [1.54, 1.807) is 0 Å². The molecule has 2 heterocycles. The lowest BCUT2D eigenvalue weighted by atomic mass is 10.0. The molecule has 0 atom stereocenters. The molecule has 0 saturated carbocycles. The van der Waals surface area contributed by atoms with E-state index in [2.05, 4.69) is 40.3 Å². The minimum absolute atomic E-state index is 0.756. The van der Waals surface area contributed by atoms with Gasteiger partial charge in [-0.15, -0.1) is 0 Å². The zero-order valence-corrected chi connectivity index (χ0v) is 12.3. The molecule has 0 aliphatic heterocycles. The summed E-state index contributed by atoms with van der Waals surface area (Å²) in [6.07, 6.45) is 1.86. The van der Waals surface area contributed by atoms with Crippen molar-refractivity contribution in [3.05, 3.63) is 65.4 Å². The van der Waals surface area contributed by atoms with Crippen LogP contribution in [0.25, 0.3) is 32.9 Å². The lowest BCUT2D eigenvalue weighted by Crippen LogP contribution is -1.80. The number of H-pyrrole nitrogens is 1. The maximum absolute atomic E-state index is 6.09. The summed E-state index contributed by atoms with van der Waals surface area (Å²) in [5.74, 6) is 0. The molecule has 2 nitrogen and oxygen atoms in total. The molecule has 4 rings (SSSR count). The second-order valence-electron chi connectivity index (χ2n) is 5.21. The predicted molar refractivity (Wildman–Crippen MR) is 88.8 cm³/mol. The van der Waals surface area contributed by atoms with Crippen LogP contribution in [0.2, 0.25) is 5.02 Å². The van der Waals surface area contributed by atoms with E-state index >= 15 is 0 Å². The Balaban J connectivity index is 2.01. The number of rotatable bonds is 1. The molecule has 21 heavy (non-hydrogen) atoms. The van der Waals surface area contributed by atoms with Gasteiger partial charge < -0.3 is 4.98 Å². The molecule has 0 radical (unpaired) electrons. The van der Waals surface area contributed by atoms with Crippen LogP contribution in [0.5, 0.6) is 0 Å². The number of nitrogens with one attached hydrogen (secondary N) is 1. The molecule has 0 aliphatic rings. The lowest BCUT2D eigenvalue weighted by Gasteiger charge is -2.03. The van der Waals surface area contributed by atoms with Crippen LogP contribution in [0.3, 0.4) is 0 Å². The van der Waals surface area contributed by atoms with Gasteiger partial charge in [0.15, 0.2) is 0 Å². The molecule has 2 aromatic carbocycles. The lowest BCUT2D eigenvalue weighted by molar-refractivity contribution is 1.22. The van der Waals surface area contributed by atoms with E-state index in [1.165, 1.54) is 16.3 Å². The van der Waals surface area contributed by atoms with Crippen molar-refractivity contribution in [2.45, 2.75) is 6.92 Å². The fourth-order valence-electron chi connectivity index (χ4n) is 2.81. The fraction of sp³-hybridized carbons (Fsp3) is 0.0556. The molecule has 1 N–H and O–H groups in total. The van der Waals surface area contributed by atoms with Gasteiger partial charge >= 0.3 is 0 Å². The number of nitrogens with zero attached hydrogens (tertiary/aromatic N) is 1. The molecule has 0 aliphatic carbocycles. The third kappa shape index (κ3) is 1.99.